The zero-order valence-electron chi connectivity index (χ0n) is 9.50. The van der Waals surface area contributed by atoms with E-state index >= 15 is 0 Å². The van der Waals surface area contributed by atoms with Crippen molar-refractivity contribution in [3.63, 3.8) is 0 Å². The molecule has 0 radical (unpaired) electrons. The molecular weight excluding hydrogens is 234 g/mol. The van der Waals surface area contributed by atoms with Crippen molar-refractivity contribution in [2.45, 2.75) is 11.4 Å². The van der Waals surface area contributed by atoms with Gasteiger partial charge in [-0.05, 0) is 29.3 Å². The standard InChI is InChI=1S/C11H15N5S/c12-15-14-10-5-9(6-11(17)7-10)8-16-3-1-13-2-4-16/h5-7,13,17H,1-4,8H2. The van der Waals surface area contributed by atoms with Gasteiger partial charge in [-0.15, -0.1) is 12.6 Å². The summed E-state index contributed by atoms with van der Waals surface area (Å²) < 4.78 is 0. The Balaban J connectivity index is 2.11. The van der Waals surface area contributed by atoms with E-state index in [9.17, 15) is 0 Å². The lowest BCUT2D eigenvalue weighted by Crippen LogP contribution is -2.42. The van der Waals surface area contributed by atoms with Crippen LogP contribution in [0.3, 0.4) is 0 Å². The highest BCUT2D eigenvalue weighted by Gasteiger charge is 2.10. The Labute approximate surface area is 106 Å². The van der Waals surface area contributed by atoms with Gasteiger partial charge in [-0.25, -0.2) is 0 Å². The summed E-state index contributed by atoms with van der Waals surface area (Å²) >= 11 is 4.32. The van der Waals surface area contributed by atoms with Crippen LogP contribution in [0, 0.1) is 0 Å². The van der Waals surface area contributed by atoms with Crippen LogP contribution in [0.2, 0.25) is 0 Å². The van der Waals surface area contributed by atoms with Gasteiger partial charge < -0.3 is 5.32 Å². The minimum Gasteiger partial charge on any atom is -0.314 e. The van der Waals surface area contributed by atoms with Crippen LogP contribution in [0.4, 0.5) is 5.69 Å². The number of hydrogen-bond donors (Lipinski definition) is 2. The van der Waals surface area contributed by atoms with Crippen LogP contribution in [0.5, 0.6) is 0 Å². The molecule has 0 bridgehead atoms. The number of nitrogens with one attached hydrogen (secondary N) is 1. The normalized spacial score (nSPS) is 16.5. The molecule has 2 rings (SSSR count). The molecule has 0 saturated carbocycles. The number of nitrogens with zero attached hydrogens (tertiary/aromatic N) is 4. The summed E-state index contributed by atoms with van der Waals surface area (Å²) in [5.41, 5.74) is 10.2. The van der Waals surface area contributed by atoms with Crippen molar-refractivity contribution >= 4 is 18.3 Å². The predicted octanol–water partition coefficient (Wildman–Crippen LogP) is 2.32. The van der Waals surface area contributed by atoms with Crippen molar-refractivity contribution in [2.75, 3.05) is 26.2 Å². The summed E-state index contributed by atoms with van der Waals surface area (Å²) in [6, 6.07) is 5.70. The Hall–Kier alpha value is -1.20. The summed E-state index contributed by atoms with van der Waals surface area (Å²) in [6.45, 7) is 5.04. The van der Waals surface area contributed by atoms with Gasteiger partial charge in [-0.3, -0.25) is 4.90 Å². The van der Waals surface area contributed by atoms with Gasteiger partial charge in [0, 0.05) is 48.2 Å². The van der Waals surface area contributed by atoms with Crippen LogP contribution < -0.4 is 5.32 Å². The molecule has 1 N–H and O–H groups in total. The summed E-state index contributed by atoms with van der Waals surface area (Å²) in [5, 5.41) is 6.94. The lowest BCUT2D eigenvalue weighted by atomic mass is 10.2. The molecule has 0 aromatic heterocycles. The number of benzene rings is 1. The number of rotatable bonds is 3. The molecule has 1 aliphatic heterocycles. The zero-order chi connectivity index (χ0) is 12.1. The van der Waals surface area contributed by atoms with E-state index in [1.165, 1.54) is 0 Å². The second-order valence-corrected chi connectivity index (χ2v) is 4.59. The molecular formula is C11H15N5S. The van der Waals surface area contributed by atoms with Gasteiger partial charge in [0.2, 0.25) is 0 Å². The molecule has 17 heavy (non-hydrogen) atoms. The van der Waals surface area contributed by atoms with Crippen molar-refractivity contribution in [3.8, 4) is 0 Å². The molecule has 1 fully saturated rings. The molecule has 5 nitrogen and oxygen atoms in total. The van der Waals surface area contributed by atoms with E-state index in [1.807, 2.05) is 12.1 Å². The second-order valence-electron chi connectivity index (χ2n) is 4.07. The highest BCUT2D eigenvalue weighted by molar-refractivity contribution is 7.80. The summed E-state index contributed by atoms with van der Waals surface area (Å²) in [7, 11) is 0. The van der Waals surface area contributed by atoms with Gasteiger partial charge in [0.15, 0.2) is 0 Å². The third-order valence-electron chi connectivity index (χ3n) is 2.74. The SMILES string of the molecule is [N-]=[N+]=Nc1cc(S)cc(CN2CCNCC2)c1. The maximum absolute atomic E-state index is 8.44. The topological polar surface area (TPSA) is 64.0 Å². The van der Waals surface area contributed by atoms with Gasteiger partial charge in [0.25, 0.3) is 0 Å². The average Bonchev–Trinajstić information content (AvgIpc) is 2.30. The highest BCUT2D eigenvalue weighted by Crippen LogP contribution is 2.21. The first-order chi connectivity index (χ1) is 8.28. The first kappa shape index (κ1) is 12.3. The van der Waals surface area contributed by atoms with Gasteiger partial charge in [-0.2, -0.15) is 0 Å². The fourth-order valence-corrected chi connectivity index (χ4v) is 2.28. The largest absolute Gasteiger partial charge is 0.314 e. The molecule has 6 heteroatoms. The molecule has 0 amide bonds. The Kier molecular flexibility index (Phi) is 4.28. The van der Waals surface area contributed by atoms with Gasteiger partial charge >= 0.3 is 0 Å². The molecule has 0 atom stereocenters. The lowest BCUT2D eigenvalue weighted by molar-refractivity contribution is 0.233. The van der Waals surface area contributed by atoms with Crippen LogP contribution in [0.15, 0.2) is 28.2 Å². The maximum Gasteiger partial charge on any atom is 0.0389 e. The predicted molar refractivity (Wildman–Crippen MR) is 70.6 cm³/mol. The van der Waals surface area contributed by atoms with Gasteiger partial charge in [0.1, 0.15) is 0 Å². The quantitative estimate of drug-likeness (QED) is 0.374. The summed E-state index contributed by atoms with van der Waals surface area (Å²) in [5.74, 6) is 0. The maximum atomic E-state index is 8.44. The Bertz CT molecular complexity index is 435. The molecule has 0 unspecified atom stereocenters. The smallest absolute Gasteiger partial charge is 0.0389 e. The van der Waals surface area contributed by atoms with E-state index in [4.69, 9.17) is 5.53 Å². The number of hydrogen-bond acceptors (Lipinski definition) is 4. The van der Waals surface area contributed by atoms with E-state index < -0.39 is 0 Å². The minimum absolute atomic E-state index is 0.630. The van der Waals surface area contributed by atoms with E-state index in [2.05, 4.69) is 32.9 Å². The second kappa shape index (κ2) is 5.93. The van der Waals surface area contributed by atoms with Gasteiger partial charge in [0.05, 0.1) is 0 Å². The van der Waals surface area contributed by atoms with E-state index in [0.29, 0.717) is 5.69 Å². The van der Waals surface area contributed by atoms with E-state index in [1.54, 1.807) is 6.07 Å². The van der Waals surface area contributed by atoms with Crippen LogP contribution in [0.1, 0.15) is 5.56 Å². The molecule has 1 aromatic carbocycles. The van der Waals surface area contributed by atoms with Crippen LogP contribution in [-0.4, -0.2) is 31.1 Å². The van der Waals surface area contributed by atoms with Crippen molar-refractivity contribution in [1.29, 1.82) is 0 Å². The minimum atomic E-state index is 0.630. The van der Waals surface area contributed by atoms with E-state index in [-0.39, 0.29) is 0 Å². The molecule has 1 heterocycles. The van der Waals surface area contributed by atoms with E-state index in [0.717, 1.165) is 43.2 Å². The fraction of sp³-hybridized carbons (Fsp3) is 0.455. The third kappa shape index (κ3) is 3.64. The number of thiol groups is 1. The molecule has 1 aromatic rings. The highest BCUT2D eigenvalue weighted by atomic mass is 32.1. The first-order valence-corrected chi connectivity index (χ1v) is 6.04. The monoisotopic (exact) mass is 249 g/mol. The Morgan fingerprint density at radius 2 is 2.12 bits per heavy atom. The number of piperazine rings is 1. The molecule has 90 valence electrons. The Morgan fingerprint density at radius 3 is 2.82 bits per heavy atom. The number of azide groups is 1. The van der Waals surface area contributed by atoms with Crippen molar-refractivity contribution in [3.05, 3.63) is 34.2 Å². The van der Waals surface area contributed by atoms with Gasteiger partial charge in [-0.1, -0.05) is 5.11 Å². The first-order valence-electron chi connectivity index (χ1n) is 5.59. The summed E-state index contributed by atoms with van der Waals surface area (Å²) in [6.07, 6.45) is 0. The zero-order valence-corrected chi connectivity index (χ0v) is 10.4. The Morgan fingerprint density at radius 1 is 1.35 bits per heavy atom. The lowest BCUT2D eigenvalue weighted by Gasteiger charge is -2.27. The van der Waals surface area contributed by atoms with Crippen LogP contribution in [-0.2, 0) is 6.54 Å². The fourth-order valence-electron chi connectivity index (χ4n) is 1.98. The third-order valence-corrected chi connectivity index (χ3v) is 3.00. The molecule has 0 spiro atoms. The van der Waals surface area contributed by atoms with Crippen molar-refractivity contribution in [2.24, 2.45) is 5.11 Å². The van der Waals surface area contributed by atoms with Crippen LogP contribution >= 0.6 is 12.6 Å². The molecule has 0 aliphatic carbocycles. The average molecular weight is 249 g/mol. The molecule has 1 saturated heterocycles. The summed E-state index contributed by atoms with van der Waals surface area (Å²) in [4.78, 5) is 6.01. The molecule has 1 aliphatic rings. The van der Waals surface area contributed by atoms with Crippen molar-refractivity contribution < 1.29 is 0 Å². The van der Waals surface area contributed by atoms with Crippen molar-refractivity contribution in [1.82, 2.24) is 10.2 Å². The van der Waals surface area contributed by atoms with Crippen LogP contribution in [0.25, 0.3) is 10.4 Å².